The molecule has 138 valence electrons. The predicted molar refractivity (Wildman–Crippen MR) is 100 cm³/mol. The number of nitrogens with one attached hydrogen (secondary N) is 1. The summed E-state index contributed by atoms with van der Waals surface area (Å²) in [7, 11) is 0. The van der Waals surface area contributed by atoms with E-state index in [0.29, 0.717) is 12.5 Å². The first kappa shape index (κ1) is 19.7. The number of aromatic nitrogens is 1. The molecule has 2 aromatic rings. The van der Waals surface area contributed by atoms with Gasteiger partial charge in [0.1, 0.15) is 25.0 Å². The quantitative estimate of drug-likeness (QED) is 0.680. The summed E-state index contributed by atoms with van der Waals surface area (Å²) >= 11 is 0. The summed E-state index contributed by atoms with van der Waals surface area (Å²) in [6, 6.07) is 11.0. The Morgan fingerprint density at radius 3 is 2.64 bits per heavy atom. The van der Waals surface area contributed by atoms with Gasteiger partial charge in [-0.3, -0.25) is 0 Å². The van der Waals surface area contributed by atoms with E-state index in [1.54, 1.807) is 12.1 Å². The number of aliphatic hydroxyl groups is 1. The first-order chi connectivity index (χ1) is 12.0. The van der Waals surface area contributed by atoms with Crippen LogP contribution in [0.5, 0.6) is 0 Å². The van der Waals surface area contributed by atoms with Crippen molar-refractivity contribution in [2.24, 2.45) is 5.92 Å². The Morgan fingerprint density at radius 2 is 1.96 bits per heavy atom. The van der Waals surface area contributed by atoms with Gasteiger partial charge in [-0.2, -0.15) is 0 Å². The lowest BCUT2D eigenvalue weighted by atomic mass is 10.1. The fourth-order valence-electron chi connectivity index (χ4n) is 3.43. The smallest absolute Gasteiger partial charge is 0.123 e. The molecule has 0 aliphatic carbocycles. The van der Waals surface area contributed by atoms with Crippen LogP contribution >= 0.6 is 0 Å². The highest BCUT2D eigenvalue weighted by atomic mass is 19.1. The third-order valence-corrected chi connectivity index (χ3v) is 4.44. The molecule has 0 radical (unpaired) electrons. The van der Waals surface area contributed by atoms with E-state index in [4.69, 9.17) is 0 Å². The van der Waals surface area contributed by atoms with E-state index in [9.17, 15) is 9.50 Å². The molecule has 2 rings (SSSR count). The van der Waals surface area contributed by atoms with Crippen molar-refractivity contribution in [3.8, 4) is 0 Å². The minimum Gasteiger partial charge on any atom is -0.387 e. The summed E-state index contributed by atoms with van der Waals surface area (Å²) in [5.41, 5.74) is 2.19. The highest BCUT2D eigenvalue weighted by molar-refractivity contribution is 5.18. The van der Waals surface area contributed by atoms with Gasteiger partial charge < -0.3 is 14.6 Å². The number of quaternary nitrogens is 1. The highest BCUT2D eigenvalue weighted by Crippen LogP contribution is 2.09. The number of hydrogen-bond acceptors (Lipinski definition) is 1. The van der Waals surface area contributed by atoms with Crippen molar-refractivity contribution in [3.05, 3.63) is 59.7 Å². The van der Waals surface area contributed by atoms with E-state index in [1.807, 2.05) is 12.1 Å². The number of benzene rings is 1. The van der Waals surface area contributed by atoms with Crippen LogP contribution in [0.4, 0.5) is 4.39 Å². The Morgan fingerprint density at radius 1 is 1.16 bits per heavy atom. The van der Waals surface area contributed by atoms with Crippen LogP contribution in [0.15, 0.2) is 42.6 Å². The molecule has 0 bridgehead atoms. The Hall–Kier alpha value is -1.65. The molecule has 1 heterocycles. The minimum atomic E-state index is -0.245. The maximum absolute atomic E-state index is 13.4. The number of nitrogens with zero attached hydrogens (tertiary/aromatic N) is 1. The fraction of sp³-hybridized carbons (Fsp3) is 0.524. The van der Waals surface area contributed by atoms with Crippen molar-refractivity contribution in [2.75, 3.05) is 13.1 Å². The van der Waals surface area contributed by atoms with Crippen LogP contribution in [0.2, 0.25) is 0 Å². The third kappa shape index (κ3) is 6.63. The van der Waals surface area contributed by atoms with Gasteiger partial charge in [-0.05, 0) is 36.2 Å². The summed E-state index contributed by atoms with van der Waals surface area (Å²) in [4.78, 5) is 1.40. The van der Waals surface area contributed by atoms with Crippen LogP contribution in [0.3, 0.4) is 0 Å². The number of hydrogen-bond donors (Lipinski definition) is 2. The first-order valence-corrected chi connectivity index (χ1v) is 9.38. The van der Waals surface area contributed by atoms with Crippen LogP contribution < -0.4 is 4.90 Å². The van der Waals surface area contributed by atoms with E-state index in [0.717, 1.165) is 38.0 Å². The van der Waals surface area contributed by atoms with Crippen LogP contribution in [0.1, 0.15) is 44.9 Å². The van der Waals surface area contributed by atoms with Crippen LogP contribution in [0.25, 0.3) is 0 Å². The molecule has 4 heteroatoms. The second-order valence-electron chi connectivity index (χ2n) is 7.43. The van der Waals surface area contributed by atoms with Crippen LogP contribution in [0, 0.1) is 11.7 Å². The topological polar surface area (TPSA) is 29.6 Å². The van der Waals surface area contributed by atoms with Crippen molar-refractivity contribution in [1.82, 2.24) is 4.57 Å². The van der Waals surface area contributed by atoms with Gasteiger partial charge in [0, 0.05) is 18.7 Å². The van der Waals surface area contributed by atoms with Gasteiger partial charge in [0.15, 0.2) is 0 Å². The molecule has 0 saturated carbocycles. The lowest BCUT2D eigenvalue weighted by Gasteiger charge is -2.24. The molecule has 3 nitrogen and oxygen atoms in total. The standard InChI is InChI=1S/C21H31FN2O/c1-4-7-21(25)16-23(13-17(2)3)15-20-10-6-11-24(20)14-18-8-5-9-19(22)12-18/h5-6,8-12,17,21,25H,4,7,13-16H2,1-3H3/p+1/t21-/m0/s1. The summed E-state index contributed by atoms with van der Waals surface area (Å²) in [5, 5.41) is 10.2. The molecule has 25 heavy (non-hydrogen) atoms. The second-order valence-corrected chi connectivity index (χ2v) is 7.43. The minimum absolute atomic E-state index is 0.194. The van der Waals surface area contributed by atoms with Crippen molar-refractivity contribution in [1.29, 1.82) is 0 Å². The predicted octanol–water partition coefficient (Wildman–Crippen LogP) is 2.88. The van der Waals surface area contributed by atoms with Gasteiger partial charge in [-0.1, -0.05) is 39.3 Å². The number of halogens is 1. The maximum atomic E-state index is 13.4. The van der Waals surface area contributed by atoms with E-state index in [1.165, 1.54) is 16.7 Å². The zero-order chi connectivity index (χ0) is 18.2. The van der Waals surface area contributed by atoms with Crippen molar-refractivity contribution in [3.63, 3.8) is 0 Å². The zero-order valence-corrected chi connectivity index (χ0v) is 15.7. The molecule has 1 unspecified atom stereocenters. The van der Waals surface area contributed by atoms with E-state index in [2.05, 4.69) is 37.6 Å². The summed E-state index contributed by atoms with van der Waals surface area (Å²) < 4.78 is 15.6. The molecule has 2 N–H and O–H groups in total. The first-order valence-electron chi connectivity index (χ1n) is 9.38. The lowest BCUT2D eigenvalue weighted by Crippen LogP contribution is -3.12. The molecule has 1 aromatic heterocycles. The molecule has 0 saturated heterocycles. The van der Waals surface area contributed by atoms with Crippen LogP contribution in [-0.4, -0.2) is 28.9 Å². The summed E-state index contributed by atoms with van der Waals surface area (Å²) in [5.74, 6) is 0.386. The average molecular weight is 347 g/mol. The molecule has 0 spiro atoms. The van der Waals surface area contributed by atoms with Crippen molar-refractivity contribution in [2.45, 2.75) is 52.8 Å². The summed E-state index contributed by atoms with van der Waals surface area (Å²) in [6.45, 7) is 9.91. The number of aliphatic hydroxyl groups excluding tert-OH is 1. The molecule has 0 aliphatic rings. The highest BCUT2D eigenvalue weighted by Gasteiger charge is 2.18. The zero-order valence-electron chi connectivity index (χ0n) is 15.7. The van der Waals surface area contributed by atoms with Gasteiger partial charge in [-0.25, -0.2) is 4.39 Å². The van der Waals surface area contributed by atoms with E-state index in [-0.39, 0.29) is 11.9 Å². The maximum Gasteiger partial charge on any atom is 0.123 e. The molecular formula is C21H32FN2O+. The van der Waals surface area contributed by atoms with Gasteiger partial charge in [0.25, 0.3) is 0 Å². The molecular weight excluding hydrogens is 315 g/mol. The largest absolute Gasteiger partial charge is 0.387 e. The van der Waals surface area contributed by atoms with Gasteiger partial charge in [0.2, 0.25) is 0 Å². The Labute approximate surface area is 151 Å². The van der Waals surface area contributed by atoms with Crippen LogP contribution in [-0.2, 0) is 13.1 Å². The van der Waals surface area contributed by atoms with Gasteiger partial charge in [0.05, 0.1) is 12.2 Å². The molecule has 2 atom stereocenters. The van der Waals surface area contributed by atoms with E-state index < -0.39 is 0 Å². The molecule has 0 aliphatic heterocycles. The molecule has 1 aromatic carbocycles. The Balaban J connectivity index is 2.07. The van der Waals surface area contributed by atoms with Gasteiger partial charge in [-0.15, -0.1) is 0 Å². The summed E-state index contributed by atoms with van der Waals surface area (Å²) in [6.07, 6.45) is 3.67. The second kappa shape index (κ2) is 9.73. The fourth-order valence-corrected chi connectivity index (χ4v) is 3.43. The van der Waals surface area contributed by atoms with Crippen molar-refractivity contribution < 1.29 is 14.4 Å². The van der Waals surface area contributed by atoms with Gasteiger partial charge >= 0.3 is 0 Å². The van der Waals surface area contributed by atoms with E-state index >= 15 is 0 Å². The normalized spacial score (nSPS) is 14.0. The third-order valence-electron chi connectivity index (χ3n) is 4.44. The SMILES string of the molecule is CCC[C@H](O)C[NH+](Cc1cccn1Cc1cccc(F)c1)CC(C)C. The lowest BCUT2D eigenvalue weighted by molar-refractivity contribution is -0.920. The monoisotopic (exact) mass is 347 g/mol. The Kier molecular flexibility index (Phi) is 7.66. The molecule has 0 fully saturated rings. The molecule has 0 amide bonds. The van der Waals surface area contributed by atoms with Crippen molar-refractivity contribution >= 4 is 0 Å². The number of rotatable bonds is 10. The average Bonchev–Trinajstić information content (AvgIpc) is 2.93. The Bertz CT molecular complexity index is 638.